The van der Waals surface area contributed by atoms with Crippen LogP contribution in [0.5, 0.6) is 0 Å². The van der Waals surface area contributed by atoms with E-state index in [0.29, 0.717) is 23.7 Å². The van der Waals surface area contributed by atoms with Gasteiger partial charge in [0.15, 0.2) is 11.6 Å². The average molecular weight is 459 g/mol. The fraction of sp³-hybridized carbons (Fsp3) is 0.263. The van der Waals surface area contributed by atoms with E-state index in [1.807, 2.05) is 0 Å². The first-order valence-electron chi connectivity index (χ1n) is 8.49. The molecule has 0 radical (unpaired) electrons. The highest BCUT2D eigenvalue weighted by molar-refractivity contribution is 9.10. The molecule has 0 saturated heterocycles. The number of halogens is 4. The molecule has 0 saturated carbocycles. The minimum absolute atomic E-state index is 0.0456. The predicted octanol–water partition coefficient (Wildman–Crippen LogP) is 4.98. The number of carbonyl (C=O) groups is 2. The molecule has 9 heteroatoms. The lowest BCUT2D eigenvalue weighted by molar-refractivity contribution is -0.137. The summed E-state index contributed by atoms with van der Waals surface area (Å²) in [5, 5.41) is 13.6. The minimum Gasteiger partial charge on any atom is -0.481 e. The molecule has 0 unspecified atom stereocenters. The lowest BCUT2D eigenvalue weighted by Crippen LogP contribution is -2.25. The highest BCUT2D eigenvalue weighted by atomic mass is 79.9. The van der Waals surface area contributed by atoms with Gasteiger partial charge in [-0.3, -0.25) is 9.59 Å². The molecule has 2 aromatic carbocycles. The lowest BCUT2D eigenvalue weighted by atomic mass is 10.1. The number of aliphatic carboxylic acids is 1. The topological polar surface area (TPSA) is 78.4 Å². The molecule has 0 aromatic heterocycles. The lowest BCUT2D eigenvalue weighted by Gasteiger charge is -2.14. The Bertz CT molecular complexity index is 878. The van der Waals surface area contributed by atoms with Crippen molar-refractivity contribution in [3.63, 3.8) is 0 Å². The number of carboxylic acids is 1. The first-order chi connectivity index (χ1) is 13.3. The molecule has 1 amide bonds. The maximum atomic E-state index is 14.3. The summed E-state index contributed by atoms with van der Waals surface area (Å²) in [6.45, 7) is 0.240. The molecular formula is C19H18BrF3N2O3. The summed E-state index contributed by atoms with van der Waals surface area (Å²) in [5.41, 5.74) is -0.758. The van der Waals surface area contributed by atoms with E-state index >= 15 is 0 Å². The maximum Gasteiger partial charge on any atom is 0.303 e. The van der Waals surface area contributed by atoms with Crippen molar-refractivity contribution in [3.05, 3.63) is 57.8 Å². The van der Waals surface area contributed by atoms with Gasteiger partial charge in [-0.05, 0) is 43.2 Å². The van der Waals surface area contributed by atoms with Crippen molar-refractivity contribution in [2.24, 2.45) is 0 Å². The van der Waals surface area contributed by atoms with Crippen LogP contribution >= 0.6 is 15.9 Å². The van der Waals surface area contributed by atoms with Crippen LogP contribution in [0.4, 0.5) is 24.5 Å². The first-order valence-corrected chi connectivity index (χ1v) is 9.29. The number of unbranched alkanes of at least 4 members (excludes halogenated alkanes) is 2. The predicted molar refractivity (Wildman–Crippen MR) is 102 cm³/mol. The number of hydrogen-bond acceptors (Lipinski definition) is 3. The second kappa shape index (κ2) is 10.1. The number of nitrogens with one attached hydrogen (secondary N) is 2. The van der Waals surface area contributed by atoms with E-state index in [1.165, 1.54) is 12.1 Å². The van der Waals surface area contributed by atoms with Crippen LogP contribution in [0, 0.1) is 17.5 Å². The van der Waals surface area contributed by atoms with Crippen molar-refractivity contribution in [3.8, 4) is 0 Å². The molecule has 0 aliphatic rings. The third kappa shape index (κ3) is 5.98. The van der Waals surface area contributed by atoms with Gasteiger partial charge in [-0.25, -0.2) is 13.2 Å². The van der Waals surface area contributed by atoms with Crippen LogP contribution in [-0.2, 0) is 4.79 Å². The van der Waals surface area contributed by atoms with Gasteiger partial charge in [-0.1, -0.05) is 22.4 Å². The molecule has 0 fully saturated rings. The van der Waals surface area contributed by atoms with Crippen molar-refractivity contribution in [1.82, 2.24) is 5.32 Å². The normalized spacial score (nSPS) is 10.6. The third-order valence-corrected chi connectivity index (χ3v) is 4.38. The zero-order valence-corrected chi connectivity index (χ0v) is 16.3. The van der Waals surface area contributed by atoms with Crippen molar-refractivity contribution in [2.75, 3.05) is 11.9 Å². The molecule has 3 N–H and O–H groups in total. The number of amides is 1. The van der Waals surface area contributed by atoms with Crippen molar-refractivity contribution < 1.29 is 27.9 Å². The van der Waals surface area contributed by atoms with E-state index in [9.17, 15) is 22.8 Å². The summed E-state index contributed by atoms with van der Waals surface area (Å²) < 4.78 is 42.4. The monoisotopic (exact) mass is 458 g/mol. The summed E-state index contributed by atoms with van der Waals surface area (Å²) in [4.78, 5) is 22.8. The van der Waals surface area contributed by atoms with Crippen molar-refractivity contribution in [2.45, 2.75) is 25.7 Å². The van der Waals surface area contributed by atoms with Crippen LogP contribution in [0.15, 0.2) is 34.8 Å². The zero-order chi connectivity index (χ0) is 20.7. The van der Waals surface area contributed by atoms with E-state index in [4.69, 9.17) is 5.11 Å². The van der Waals surface area contributed by atoms with Crippen LogP contribution in [0.2, 0.25) is 0 Å². The van der Waals surface area contributed by atoms with Crippen LogP contribution in [0.3, 0.4) is 0 Å². The molecule has 0 aliphatic heterocycles. The summed E-state index contributed by atoms with van der Waals surface area (Å²) >= 11 is 3.10. The number of rotatable bonds is 9. The Morgan fingerprint density at radius 1 is 1.00 bits per heavy atom. The number of hydrogen-bond donors (Lipinski definition) is 3. The molecule has 0 spiro atoms. The summed E-state index contributed by atoms with van der Waals surface area (Å²) in [5.74, 6) is -4.72. The highest BCUT2D eigenvalue weighted by Crippen LogP contribution is 2.29. The molecular weight excluding hydrogens is 441 g/mol. The molecule has 0 atom stereocenters. The van der Waals surface area contributed by atoms with Gasteiger partial charge in [-0.2, -0.15) is 0 Å². The van der Waals surface area contributed by atoms with E-state index in [-0.39, 0.29) is 24.2 Å². The van der Waals surface area contributed by atoms with Gasteiger partial charge in [0.2, 0.25) is 0 Å². The Labute approximate surface area is 168 Å². The van der Waals surface area contributed by atoms with Gasteiger partial charge in [-0.15, -0.1) is 0 Å². The Morgan fingerprint density at radius 3 is 2.43 bits per heavy atom. The van der Waals surface area contributed by atoms with Gasteiger partial charge in [0.05, 0.1) is 16.9 Å². The maximum absolute atomic E-state index is 14.3. The standard InChI is InChI=1S/C19H18BrF3N2O3/c20-11-5-8-15(14(22)10-11)25-18-12(6-7-13(21)17(18)23)19(28)24-9-3-1-2-4-16(26)27/h5-8,10,25H,1-4,9H2,(H,24,28)(H,26,27). The minimum atomic E-state index is -1.29. The smallest absolute Gasteiger partial charge is 0.303 e. The molecule has 28 heavy (non-hydrogen) atoms. The van der Waals surface area contributed by atoms with Gasteiger partial charge < -0.3 is 15.7 Å². The summed E-state index contributed by atoms with van der Waals surface area (Å²) in [6, 6.07) is 5.92. The molecule has 0 heterocycles. The Morgan fingerprint density at radius 2 is 1.75 bits per heavy atom. The largest absolute Gasteiger partial charge is 0.481 e. The van der Waals surface area contributed by atoms with E-state index in [2.05, 4.69) is 26.6 Å². The second-order valence-corrected chi connectivity index (χ2v) is 6.91. The summed E-state index contributed by atoms with van der Waals surface area (Å²) in [6.07, 6.45) is 1.66. The number of carbonyl (C=O) groups excluding carboxylic acids is 1. The van der Waals surface area contributed by atoms with E-state index in [1.54, 1.807) is 0 Å². The van der Waals surface area contributed by atoms with Crippen LogP contribution in [0.25, 0.3) is 0 Å². The second-order valence-electron chi connectivity index (χ2n) is 5.99. The SMILES string of the molecule is O=C(O)CCCCCNC(=O)c1ccc(F)c(F)c1Nc1ccc(Br)cc1F. The van der Waals surface area contributed by atoms with Gasteiger partial charge in [0, 0.05) is 17.4 Å². The van der Waals surface area contributed by atoms with Crippen molar-refractivity contribution >= 4 is 39.2 Å². The van der Waals surface area contributed by atoms with Crippen molar-refractivity contribution in [1.29, 1.82) is 0 Å². The molecule has 150 valence electrons. The molecule has 5 nitrogen and oxygen atoms in total. The fourth-order valence-electron chi connectivity index (χ4n) is 2.46. The van der Waals surface area contributed by atoms with Crippen LogP contribution in [0.1, 0.15) is 36.0 Å². The number of anilines is 2. The first kappa shape index (κ1) is 21.7. The third-order valence-electron chi connectivity index (χ3n) is 3.88. The molecule has 2 aromatic rings. The highest BCUT2D eigenvalue weighted by Gasteiger charge is 2.20. The van der Waals surface area contributed by atoms with Gasteiger partial charge >= 0.3 is 5.97 Å². The fourth-order valence-corrected chi connectivity index (χ4v) is 2.80. The average Bonchev–Trinajstić information content (AvgIpc) is 2.63. The molecule has 2 rings (SSSR count). The van der Waals surface area contributed by atoms with Gasteiger partial charge in [0.1, 0.15) is 5.82 Å². The Kier molecular flexibility index (Phi) is 7.86. The van der Waals surface area contributed by atoms with Crippen LogP contribution < -0.4 is 10.6 Å². The molecule has 0 bridgehead atoms. The Hall–Kier alpha value is -2.55. The zero-order valence-electron chi connectivity index (χ0n) is 14.7. The quantitative estimate of drug-likeness (QED) is 0.462. The van der Waals surface area contributed by atoms with Crippen LogP contribution in [-0.4, -0.2) is 23.5 Å². The number of carboxylic acid groups (broad SMARTS) is 1. The number of benzene rings is 2. The van der Waals surface area contributed by atoms with Gasteiger partial charge in [0.25, 0.3) is 5.91 Å². The summed E-state index contributed by atoms with van der Waals surface area (Å²) in [7, 11) is 0. The van der Waals surface area contributed by atoms with E-state index < -0.39 is 35.0 Å². The molecule has 0 aliphatic carbocycles. The Balaban J connectivity index is 2.10. The van der Waals surface area contributed by atoms with E-state index in [0.717, 1.165) is 18.2 Å².